The number of hydrogen-bond acceptors (Lipinski definition) is 3. The van der Waals surface area contributed by atoms with Crippen LogP contribution < -0.4 is 5.32 Å². The Morgan fingerprint density at radius 1 is 1.07 bits per heavy atom. The number of benzene rings is 2. The van der Waals surface area contributed by atoms with Gasteiger partial charge in [0.15, 0.2) is 0 Å². The first-order chi connectivity index (χ1) is 14.6. The number of fused-ring (bicyclic) bond motifs is 1. The summed E-state index contributed by atoms with van der Waals surface area (Å²) >= 11 is 0. The first kappa shape index (κ1) is 20.0. The molecule has 4 rings (SSSR count). The van der Waals surface area contributed by atoms with Crippen molar-refractivity contribution in [2.75, 3.05) is 13.1 Å². The van der Waals surface area contributed by atoms with E-state index in [4.69, 9.17) is 4.42 Å². The topological polar surface area (TPSA) is 62.6 Å². The third-order valence-electron chi connectivity index (χ3n) is 5.63. The van der Waals surface area contributed by atoms with Crippen LogP contribution in [0.15, 0.2) is 71.2 Å². The second-order valence-electron chi connectivity index (χ2n) is 7.76. The molecule has 0 saturated carbocycles. The van der Waals surface area contributed by atoms with Crippen LogP contribution in [0.2, 0.25) is 0 Å². The van der Waals surface area contributed by atoms with Gasteiger partial charge in [-0.3, -0.25) is 9.59 Å². The Bertz CT molecular complexity index is 1010. The van der Waals surface area contributed by atoms with Gasteiger partial charge in [0, 0.05) is 30.5 Å². The summed E-state index contributed by atoms with van der Waals surface area (Å²) in [4.78, 5) is 26.9. The molecule has 0 radical (unpaired) electrons. The molecule has 3 aromatic rings. The minimum Gasteiger partial charge on any atom is -0.459 e. The molecule has 154 valence electrons. The number of nitrogens with zero attached hydrogens (tertiary/aromatic N) is 1. The normalized spacial score (nSPS) is 16.1. The van der Waals surface area contributed by atoms with E-state index in [2.05, 4.69) is 5.32 Å². The lowest BCUT2D eigenvalue weighted by Crippen LogP contribution is -2.43. The maximum Gasteiger partial charge on any atom is 0.246 e. The SMILES string of the molecule is C[C@H](NC(=O)C1CCN(C(=O)/C=C/c2ccccc2)CC1)c1cc2ccccc2o1. The number of furan rings is 1. The van der Waals surface area contributed by atoms with Crippen molar-refractivity contribution >= 4 is 28.9 Å². The number of piperidine rings is 1. The van der Waals surface area contributed by atoms with Crippen molar-refractivity contribution in [3.8, 4) is 0 Å². The summed E-state index contributed by atoms with van der Waals surface area (Å²) in [7, 11) is 0. The van der Waals surface area contributed by atoms with Gasteiger partial charge in [-0.15, -0.1) is 0 Å². The molecule has 2 heterocycles. The van der Waals surface area contributed by atoms with Gasteiger partial charge >= 0.3 is 0 Å². The lowest BCUT2D eigenvalue weighted by Gasteiger charge is -2.31. The van der Waals surface area contributed by atoms with E-state index in [9.17, 15) is 9.59 Å². The molecule has 1 N–H and O–H groups in total. The molecule has 1 fully saturated rings. The van der Waals surface area contributed by atoms with Crippen molar-refractivity contribution in [3.05, 3.63) is 78.1 Å². The molecule has 0 unspecified atom stereocenters. The van der Waals surface area contributed by atoms with Crippen LogP contribution in [0.4, 0.5) is 0 Å². The summed E-state index contributed by atoms with van der Waals surface area (Å²) in [5, 5.41) is 4.10. The Balaban J connectivity index is 1.28. The summed E-state index contributed by atoms with van der Waals surface area (Å²) in [6.07, 6.45) is 4.78. The van der Waals surface area contributed by atoms with Crippen LogP contribution in [0.5, 0.6) is 0 Å². The van der Waals surface area contributed by atoms with Crippen molar-refractivity contribution in [2.24, 2.45) is 5.92 Å². The second kappa shape index (κ2) is 8.99. The van der Waals surface area contributed by atoms with Gasteiger partial charge in [-0.2, -0.15) is 0 Å². The molecule has 30 heavy (non-hydrogen) atoms. The van der Waals surface area contributed by atoms with E-state index in [1.54, 1.807) is 6.08 Å². The average molecular weight is 402 g/mol. The third kappa shape index (κ3) is 4.62. The molecule has 1 saturated heterocycles. The molecule has 5 nitrogen and oxygen atoms in total. The Morgan fingerprint density at radius 2 is 1.77 bits per heavy atom. The van der Waals surface area contributed by atoms with Gasteiger partial charge in [-0.1, -0.05) is 48.5 Å². The third-order valence-corrected chi connectivity index (χ3v) is 5.63. The molecule has 0 aliphatic carbocycles. The fourth-order valence-electron chi connectivity index (χ4n) is 3.82. The number of likely N-dealkylation sites (tertiary alicyclic amines) is 1. The van der Waals surface area contributed by atoms with Gasteiger partial charge in [0.25, 0.3) is 0 Å². The van der Waals surface area contributed by atoms with Crippen LogP contribution >= 0.6 is 0 Å². The van der Waals surface area contributed by atoms with Crippen molar-refractivity contribution in [1.29, 1.82) is 0 Å². The molecule has 1 atom stereocenters. The van der Waals surface area contributed by atoms with Gasteiger partial charge in [-0.25, -0.2) is 0 Å². The highest BCUT2D eigenvalue weighted by molar-refractivity contribution is 5.92. The van der Waals surface area contributed by atoms with Gasteiger partial charge in [-0.05, 0) is 43.5 Å². The van der Waals surface area contributed by atoms with E-state index < -0.39 is 0 Å². The zero-order valence-corrected chi connectivity index (χ0v) is 17.1. The molecule has 1 aliphatic heterocycles. The number of rotatable bonds is 5. The van der Waals surface area contributed by atoms with Gasteiger partial charge in [0.05, 0.1) is 6.04 Å². The molecule has 1 aromatic heterocycles. The van der Waals surface area contributed by atoms with E-state index in [1.807, 2.05) is 78.6 Å². The minimum absolute atomic E-state index is 0.00615. The molecular weight excluding hydrogens is 376 g/mol. The lowest BCUT2D eigenvalue weighted by molar-refractivity contribution is -0.132. The summed E-state index contributed by atoms with van der Waals surface area (Å²) in [5.41, 5.74) is 1.82. The highest BCUT2D eigenvalue weighted by atomic mass is 16.3. The Kier molecular flexibility index (Phi) is 5.98. The highest BCUT2D eigenvalue weighted by Gasteiger charge is 2.28. The fraction of sp³-hybridized carbons (Fsp3) is 0.280. The van der Waals surface area contributed by atoms with Crippen molar-refractivity contribution < 1.29 is 14.0 Å². The molecule has 1 aliphatic rings. The van der Waals surface area contributed by atoms with Crippen LogP contribution in [-0.4, -0.2) is 29.8 Å². The molecule has 5 heteroatoms. The maximum atomic E-state index is 12.7. The van der Waals surface area contributed by atoms with Gasteiger partial charge in [0.1, 0.15) is 11.3 Å². The number of carbonyl (C=O) groups excluding carboxylic acids is 2. The van der Waals surface area contributed by atoms with Crippen LogP contribution in [0.25, 0.3) is 17.0 Å². The van der Waals surface area contributed by atoms with Crippen molar-refractivity contribution in [3.63, 3.8) is 0 Å². The molecule has 2 amide bonds. The van der Waals surface area contributed by atoms with Gasteiger partial charge in [0.2, 0.25) is 11.8 Å². The van der Waals surface area contributed by atoms with E-state index in [0.29, 0.717) is 25.9 Å². The highest BCUT2D eigenvalue weighted by Crippen LogP contribution is 2.25. The summed E-state index contributed by atoms with van der Waals surface area (Å²) in [6.45, 7) is 3.12. The Labute approximate surface area is 176 Å². The lowest BCUT2D eigenvalue weighted by atomic mass is 9.95. The van der Waals surface area contributed by atoms with E-state index >= 15 is 0 Å². The first-order valence-electron chi connectivity index (χ1n) is 10.4. The predicted octanol–water partition coefficient (Wildman–Crippen LogP) is 4.56. The zero-order chi connectivity index (χ0) is 20.9. The molecule has 0 bridgehead atoms. The van der Waals surface area contributed by atoms with E-state index in [0.717, 1.165) is 22.3 Å². The van der Waals surface area contributed by atoms with Crippen molar-refractivity contribution in [2.45, 2.75) is 25.8 Å². The van der Waals surface area contributed by atoms with Crippen LogP contribution in [-0.2, 0) is 9.59 Å². The largest absolute Gasteiger partial charge is 0.459 e. The maximum absolute atomic E-state index is 12.7. The smallest absolute Gasteiger partial charge is 0.246 e. The summed E-state index contributed by atoms with van der Waals surface area (Å²) in [5.74, 6) is 0.686. The van der Waals surface area contributed by atoms with Gasteiger partial charge < -0.3 is 14.6 Å². The Hall–Kier alpha value is -3.34. The van der Waals surface area contributed by atoms with Crippen LogP contribution in [0.3, 0.4) is 0 Å². The van der Waals surface area contributed by atoms with Crippen molar-refractivity contribution in [1.82, 2.24) is 10.2 Å². The van der Waals surface area contributed by atoms with E-state index in [1.165, 1.54) is 0 Å². The number of nitrogens with one attached hydrogen (secondary N) is 1. The monoisotopic (exact) mass is 402 g/mol. The first-order valence-corrected chi connectivity index (χ1v) is 10.4. The number of amides is 2. The molecule has 2 aromatic carbocycles. The van der Waals surface area contributed by atoms with E-state index in [-0.39, 0.29) is 23.8 Å². The number of hydrogen-bond donors (Lipinski definition) is 1. The number of carbonyl (C=O) groups is 2. The average Bonchev–Trinajstić information content (AvgIpc) is 3.23. The molecule has 0 spiro atoms. The quantitative estimate of drug-likeness (QED) is 0.636. The zero-order valence-electron chi connectivity index (χ0n) is 17.1. The second-order valence-corrected chi connectivity index (χ2v) is 7.76. The predicted molar refractivity (Wildman–Crippen MR) is 118 cm³/mol. The minimum atomic E-state index is -0.196. The standard InChI is InChI=1S/C25H26N2O3/c1-18(23-17-21-9-5-6-10-22(21)30-23)26-25(29)20-13-15-27(16-14-20)24(28)12-11-19-7-3-2-4-8-19/h2-12,17-18,20H,13-16H2,1H3,(H,26,29)/b12-11+/t18-/m0/s1. The summed E-state index contributed by atoms with van der Waals surface area (Å²) < 4.78 is 5.85. The van der Waals surface area contributed by atoms with Crippen LogP contribution in [0.1, 0.15) is 37.1 Å². The van der Waals surface area contributed by atoms with Crippen LogP contribution in [0, 0.1) is 5.92 Å². The fourth-order valence-corrected chi connectivity index (χ4v) is 3.82. The molecular formula is C25H26N2O3. The summed E-state index contributed by atoms with van der Waals surface area (Å²) in [6, 6.07) is 19.4. The number of para-hydroxylation sites is 1. The Morgan fingerprint density at radius 3 is 2.50 bits per heavy atom.